The summed E-state index contributed by atoms with van der Waals surface area (Å²) < 4.78 is 5.30. The van der Waals surface area contributed by atoms with E-state index in [1.807, 2.05) is 6.92 Å². The van der Waals surface area contributed by atoms with Gasteiger partial charge in [-0.3, -0.25) is 4.79 Å². The first-order chi connectivity index (χ1) is 11.0. The van der Waals surface area contributed by atoms with Gasteiger partial charge in [-0.05, 0) is 48.9 Å². The molecule has 0 spiro atoms. The van der Waals surface area contributed by atoms with E-state index in [1.54, 1.807) is 30.3 Å². The fourth-order valence-corrected chi connectivity index (χ4v) is 2.00. The van der Waals surface area contributed by atoms with Crippen LogP contribution in [0.5, 0.6) is 5.75 Å². The molecule has 0 aliphatic heterocycles. The third kappa shape index (κ3) is 3.94. The molecule has 3 N–H and O–H groups in total. The van der Waals surface area contributed by atoms with Crippen LogP contribution in [0.3, 0.4) is 0 Å². The van der Waals surface area contributed by atoms with Crippen molar-refractivity contribution in [3.63, 3.8) is 0 Å². The van der Waals surface area contributed by atoms with E-state index >= 15 is 0 Å². The number of carbonyl (C=O) groups is 2. The van der Waals surface area contributed by atoms with Crippen LogP contribution in [0.1, 0.15) is 33.2 Å². The van der Waals surface area contributed by atoms with Crippen LogP contribution in [0.15, 0.2) is 42.5 Å². The zero-order valence-corrected chi connectivity index (χ0v) is 12.5. The molecule has 0 bridgehead atoms. The van der Waals surface area contributed by atoms with Crippen molar-refractivity contribution in [1.82, 2.24) is 0 Å². The molecule has 0 fully saturated rings. The number of carboxylic acids is 1. The van der Waals surface area contributed by atoms with Crippen LogP contribution in [0.2, 0.25) is 0 Å². The van der Waals surface area contributed by atoms with Crippen LogP contribution in [0.4, 0.5) is 5.69 Å². The minimum Gasteiger partial charge on any atom is -0.494 e. The lowest BCUT2D eigenvalue weighted by Crippen LogP contribution is -2.15. The van der Waals surface area contributed by atoms with Gasteiger partial charge in [0.25, 0.3) is 5.91 Å². The first-order valence-electron chi connectivity index (χ1n) is 6.97. The molecule has 6 nitrogen and oxygen atoms in total. The van der Waals surface area contributed by atoms with Gasteiger partial charge in [-0.1, -0.05) is 6.07 Å². The molecule has 0 aliphatic carbocycles. The van der Waals surface area contributed by atoms with Crippen LogP contribution in [-0.2, 0) is 0 Å². The second kappa shape index (κ2) is 7.22. The maximum atomic E-state index is 12.2. The van der Waals surface area contributed by atoms with E-state index in [1.165, 1.54) is 12.1 Å². The van der Waals surface area contributed by atoms with E-state index < -0.39 is 11.9 Å². The van der Waals surface area contributed by atoms with E-state index in [-0.39, 0.29) is 11.3 Å². The molecular formula is C17H16N2O4. The van der Waals surface area contributed by atoms with Gasteiger partial charge in [0.15, 0.2) is 0 Å². The van der Waals surface area contributed by atoms with Crippen LogP contribution >= 0.6 is 0 Å². The normalized spacial score (nSPS) is 9.96. The average Bonchev–Trinajstić information content (AvgIpc) is 2.56. The monoisotopic (exact) mass is 312 g/mol. The van der Waals surface area contributed by atoms with Gasteiger partial charge in [-0.25, -0.2) is 4.79 Å². The Bertz CT molecular complexity index is 739. The Hall–Kier alpha value is -3.15. The van der Waals surface area contributed by atoms with E-state index in [0.29, 0.717) is 23.5 Å². The summed E-state index contributed by atoms with van der Waals surface area (Å²) >= 11 is 0. The molecule has 0 heterocycles. The minimum atomic E-state index is -1.17. The molecule has 0 unspecified atom stereocenters. The number of carboxylic acid groups (broad SMARTS) is 1. The third-order valence-electron chi connectivity index (χ3n) is 3.12. The van der Waals surface area contributed by atoms with Crippen LogP contribution in [0, 0.1) is 5.41 Å². The largest absolute Gasteiger partial charge is 0.494 e. The summed E-state index contributed by atoms with van der Waals surface area (Å²) in [4.78, 5) is 23.5. The molecule has 23 heavy (non-hydrogen) atoms. The van der Waals surface area contributed by atoms with E-state index in [9.17, 15) is 14.7 Å². The summed E-state index contributed by atoms with van der Waals surface area (Å²) in [7, 11) is 0. The number of aromatic carboxylic acids is 1. The number of amides is 1. The van der Waals surface area contributed by atoms with Gasteiger partial charge in [0.2, 0.25) is 0 Å². The Morgan fingerprint density at radius 2 is 1.91 bits per heavy atom. The van der Waals surface area contributed by atoms with Crippen molar-refractivity contribution >= 4 is 23.8 Å². The number of benzene rings is 2. The molecule has 0 saturated carbocycles. The quantitative estimate of drug-likeness (QED) is 0.714. The number of nitrogens with one attached hydrogen (secondary N) is 2. The predicted octanol–water partition coefficient (Wildman–Crippen LogP) is 3.03. The van der Waals surface area contributed by atoms with Gasteiger partial charge in [0, 0.05) is 11.8 Å². The lowest BCUT2D eigenvalue weighted by Gasteiger charge is -2.10. The number of anilines is 1. The molecule has 2 aromatic rings. The number of hydrogen-bond donors (Lipinski definition) is 3. The average molecular weight is 312 g/mol. The highest BCUT2D eigenvalue weighted by Crippen LogP contribution is 2.19. The molecule has 0 aliphatic rings. The second-order valence-electron chi connectivity index (χ2n) is 4.67. The van der Waals surface area contributed by atoms with Crippen molar-refractivity contribution in [2.75, 3.05) is 11.9 Å². The molecule has 0 saturated heterocycles. The van der Waals surface area contributed by atoms with Crippen molar-refractivity contribution in [2.24, 2.45) is 0 Å². The van der Waals surface area contributed by atoms with Crippen molar-refractivity contribution in [1.29, 1.82) is 5.41 Å². The number of hydrogen-bond acceptors (Lipinski definition) is 4. The molecule has 0 radical (unpaired) electrons. The van der Waals surface area contributed by atoms with Gasteiger partial charge in [0.1, 0.15) is 5.75 Å². The Balaban J connectivity index is 2.22. The first-order valence-corrected chi connectivity index (χ1v) is 6.97. The number of rotatable bonds is 6. The lowest BCUT2D eigenvalue weighted by atomic mass is 10.1. The second-order valence-corrected chi connectivity index (χ2v) is 4.67. The summed E-state index contributed by atoms with van der Waals surface area (Å²) in [5, 5.41) is 19.0. The summed E-state index contributed by atoms with van der Waals surface area (Å²) in [5.74, 6) is -0.931. The van der Waals surface area contributed by atoms with E-state index in [4.69, 9.17) is 10.1 Å². The fraction of sp³-hybridized carbons (Fsp3) is 0.118. The predicted molar refractivity (Wildman–Crippen MR) is 86.9 cm³/mol. The maximum Gasteiger partial charge on any atom is 0.337 e. The van der Waals surface area contributed by atoms with Gasteiger partial charge >= 0.3 is 5.97 Å². The first kappa shape index (κ1) is 16.2. The van der Waals surface area contributed by atoms with Crippen molar-refractivity contribution in [3.8, 4) is 5.75 Å². The van der Waals surface area contributed by atoms with Crippen LogP contribution in [0.25, 0.3) is 0 Å². The maximum absolute atomic E-state index is 12.2. The van der Waals surface area contributed by atoms with Gasteiger partial charge in [-0.2, -0.15) is 0 Å². The fourth-order valence-electron chi connectivity index (χ4n) is 2.00. The summed E-state index contributed by atoms with van der Waals surface area (Å²) in [6.07, 6.45) is 1.05. The SMILES string of the molecule is CCOc1ccc(C(=O)Nc2ccc(C=N)cc2C(=O)O)cc1. The Labute approximate surface area is 133 Å². The smallest absolute Gasteiger partial charge is 0.337 e. The van der Waals surface area contributed by atoms with Crippen molar-refractivity contribution in [3.05, 3.63) is 59.2 Å². The van der Waals surface area contributed by atoms with Crippen molar-refractivity contribution in [2.45, 2.75) is 6.92 Å². The topological polar surface area (TPSA) is 99.5 Å². The third-order valence-corrected chi connectivity index (χ3v) is 3.12. The summed E-state index contributed by atoms with van der Waals surface area (Å²) in [6, 6.07) is 10.9. The lowest BCUT2D eigenvalue weighted by molar-refractivity contribution is 0.0698. The molecule has 2 aromatic carbocycles. The summed E-state index contributed by atoms with van der Waals surface area (Å²) in [5.41, 5.74) is 0.953. The van der Waals surface area contributed by atoms with Crippen LogP contribution in [-0.4, -0.2) is 29.8 Å². The Morgan fingerprint density at radius 3 is 2.48 bits per heavy atom. The molecular weight excluding hydrogens is 296 g/mol. The van der Waals surface area contributed by atoms with Crippen LogP contribution < -0.4 is 10.1 Å². The van der Waals surface area contributed by atoms with Gasteiger partial charge in [-0.15, -0.1) is 0 Å². The molecule has 1 amide bonds. The van der Waals surface area contributed by atoms with Crippen molar-refractivity contribution < 1.29 is 19.4 Å². The van der Waals surface area contributed by atoms with Gasteiger partial charge in [0.05, 0.1) is 17.9 Å². The molecule has 118 valence electrons. The highest BCUT2D eigenvalue weighted by Gasteiger charge is 2.14. The molecule has 0 atom stereocenters. The standard InChI is InChI=1S/C17H16N2O4/c1-2-23-13-6-4-12(5-7-13)16(20)19-15-8-3-11(10-18)9-14(15)17(21)22/h3-10,18H,2H2,1H3,(H,19,20)(H,21,22). The van der Waals surface area contributed by atoms with E-state index in [2.05, 4.69) is 5.32 Å². The zero-order chi connectivity index (χ0) is 16.8. The highest BCUT2D eigenvalue weighted by molar-refractivity contribution is 6.08. The minimum absolute atomic E-state index is 0.0645. The molecule has 0 aromatic heterocycles. The highest BCUT2D eigenvalue weighted by atomic mass is 16.5. The Kier molecular flexibility index (Phi) is 5.09. The number of ether oxygens (including phenoxy) is 1. The van der Waals surface area contributed by atoms with E-state index in [0.717, 1.165) is 6.21 Å². The van der Waals surface area contributed by atoms with Gasteiger partial charge < -0.3 is 20.6 Å². The molecule has 2 rings (SSSR count). The summed E-state index contributed by atoms with van der Waals surface area (Å²) in [6.45, 7) is 2.40. The molecule has 6 heteroatoms. The Morgan fingerprint density at radius 1 is 1.22 bits per heavy atom. The zero-order valence-electron chi connectivity index (χ0n) is 12.5. The number of carbonyl (C=O) groups excluding carboxylic acids is 1.